The second-order valence-electron chi connectivity index (χ2n) is 6.88. The maximum absolute atomic E-state index is 12.8. The highest BCUT2D eigenvalue weighted by Gasteiger charge is 2.27. The number of benzene rings is 1. The molecule has 8 heteroatoms. The Bertz CT molecular complexity index is 843. The van der Waals surface area contributed by atoms with Crippen molar-refractivity contribution in [2.24, 2.45) is 0 Å². The zero-order valence-corrected chi connectivity index (χ0v) is 17.4. The number of hydrogen-bond acceptors (Lipinski definition) is 5. The number of hydrogen-bond donors (Lipinski definition) is 1. The van der Waals surface area contributed by atoms with E-state index in [2.05, 4.69) is 5.32 Å². The maximum Gasteiger partial charge on any atom is 0.264 e. The number of thiophene rings is 1. The molecule has 7 nitrogen and oxygen atoms in total. The van der Waals surface area contributed by atoms with Crippen molar-refractivity contribution in [3.63, 3.8) is 0 Å². The predicted octanol–water partition coefficient (Wildman–Crippen LogP) is 2.31. The molecule has 0 aliphatic carbocycles. The fourth-order valence-electron chi connectivity index (χ4n) is 3.35. The van der Waals surface area contributed by atoms with Gasteiger partial charge in [0.25, 0.3) is 5.91 Å². The van der Waals surface area contributed by atoms with Gasteiger partial charge in [0, 0.05) is 33.1 Å². The van der Waals surface area contributed by atoms with Crippen molar-refractivity contribution in [3.8, 4) is 5.75 Å². The van der Waals surface area contributed by atoms with E-state index in [1.54, 1.807) is 16.9 Å². The zero-order chi connectivity index (χ0) is 20.8. The van der Waals surface area contributed by atoms with Crippen LogP contribution in [0.25, 0.3) is 0 Å². The largest absolute Gasteiger partial charge is 0.497 e. The molecule has 0 unspecified atom stereocenters. The quantitative estimate of drug-likeness (QED) is 0.785. The highest BCUT2D eigenvalue weighted by molar-refractivity contribution is 7.12. The minimum atomic E-state index is -0.406. The maximum atomic E-state index is 12.8. The highest BCUT2D eigenvalue weighted by Crippen LogP contribution is 2.22. The third-order valence-corrected chi connectivity index (χ3v) is 5.78. The van der Waals surface area contributed by atoms with E-state index in [4.69, 9.17) is 4.74 Å². The number of piperazine rings is 1. The number of amides is 3. The fraction of sp³-hybridized carbons (Fsp3) is 0.381. The number of methoxy groups -OCH3 is 1. The Morgan fingerprint density at radius 2 is 1.72 bits per heavy atom. The van der Waals surface area contributed by atoms with Crippen LogP contribution in [0.5, 0.6) is 5.75 Å². The van der Waals surface area contributed by atoms with Gasteiger partial charge in [0.1, 0.15) is 5.75 Å². The van der Waals surface area contributed by atoms with Crippen LogP contribution in [0.15, 0.2) is 41.8 Å². The summed E-state index contributed by atoms with van der Waals surface area (Å²) in [5.74, 6) is 0.502. The lowest BCUT2D eigenvalue weighted by molar-refractivity contribution is -0.133. The minimum Gasteiger partial charge on any atom is -0.497 e. The summed E-state index contributed by atoms with van der Waals surface area (Å²) in [7, 11) is 1.59. The van der Waals surface area contributed by atoms with E-state index >= 15 is 0 Å². The van der Waals surface area contributed by atoms with Gasteiger partial charge in [0.15, 0.2) is 0 Å². The second kappa shape index (κ2) is 9.56. The van der Waals surface area contributed by atoms with E-state index in [0.717, 1.165) is 10.4 Å². The van der Waals surface area contributed by atoms with Crippen molar-refractivity contribution in [2.75, 3.05) is 33.3 Å². The van der Waals surface area contributed by atoms with Crippen LogP contribution in [0.1, 0.15) is 34.6 Å². The van der Waals surface area contributed by atoms with E-state index in [-0.39, 0.29) is 24.1 Å². The first-order chi connectivity index (χ1) is 14.0. The van der Waals surface area contributed by atoms with Crippen LogP contribution in [0, 0.1) is 0 Å². The number of ether oxygens (including phenoxy) is 1. The number of rotatable bonds is 6. The summed E-state index contributed by atoms with van der Waals surface area (Å²) < 4.78 is 5.17. The summed E-state index contributed by atoms with van der Waals surface area (Å²) in [4.78, 5) is 41.2. The minimum absolute atomic E-state index is 0.0152. The van der Waals surface area contributed by atoms with E-state index in [1.807, 2.05) is 41.8 Å². The standard InChI is InChI=1S/C21H25N3O4S/c1-15(25)22-18(16-5-7-17(28-2)8-6-16)14-20(26)23-9-11-24(12-10-23)21(27)19-4-3-13-29-19/h3-8,13,18H,9-12,14H2,1-2H3,(H,22,25)/t18-/m0/s1. The van der Waals surface area contributed by atoms with Crippen molar-refractivity contribution in [2.45, 2.75) is 19.4 Å². The summed E-state index contributed by atoms with van der Waals surface area (Å²) in [6.45, 7) is 3.44. The van der Waals surface area contributed by atoms with Gasteiger partial charge < -0.3 is 19.9 Å². The Morgan fingerprint density at radius 1 is 1.07 bits per heavy atom. The number of nitrogens with one attached hydrogen (secondary N) is 1. The lowest BCUT2D eigenvalue weighted by atomic mass is 10.0. The van der Waals surface area contributed by atoms with Crippen molar-refractivity contribution >= 4 is 29.1 Å². The smallest absolute Gasteiger partial charge is 0.264 e. The number of nitrogens with zero attached hydrogens (tertiary/aromatic N) is 2. The van der Waals surface area contributed by atoms with Crippen LogP contribution in [0.3, 0.4) is 0 Å². The molecule has 29 heavy (non-hydrogen) atoms. The molecule has 1 aliphatic rings. The van der Waals surface area contributed by atoms with Gasteiger partial charge in [-0.3, -0.25) is 14.4 Å². The molecule has 1 saturated heterocycles. The summed E-state index contributed by atoms with van der Waals surface area (Å²) in [5.41, 5.74) is 0.848. The molecular formula is C21H25N3O4S. The fourth-order valence-corrected chi connectivity index (χ4v) is 4.04. The third-order valence-electron chi connectivity index (χ3n) is 4.93. The SMILES string of the molecule is COc1ccc([C@H](CC(=O)N2CCN(C(=O)c3cccs3)CC2)NC(C)=O)cc1. The first-order valence-electron chi connectivity index (χ1n) is 9.49. The molecule has 1 aromatic heterocycles. The number of carbonyl (C=O) groups is 3. The van der Waals surface area contributed by atoms with Gasteiger partial charge in [-0.1, -0.05) is 18.2 Å². The van der Waals surface area contributed by atoms with Crippen LogP contribution in [0.4, 0.5) is 0 Å². The van der Waals surface area contributed by atoms with Crippen LogP contribution in [0.2, 0.25) is 0 Å². The molecular weight excluding hydrogens is 390 g/mol. The van der Waals surface area contributed by atoms with E-state index in [0.29, 0.717) is 31.9 Å². The van der Waals surface area contributed by atoms with Gasteiger partial charge in [0.2, 0.25) is 11.8 Å². The van der Waals surface area contributed by atoms with Gasteiger partial charge in [-0.05, 0) is 29.1 Å². The first-order valence-corrected chi connectivity index (χ1v) is 10.4. The molecule has 1 N–H and O–H groups in total. The molecule has 0 saturated carbocycles. The molecule has 2 aromatic rings. The Kier molecular flexibility index (Phi) is 6.87. The molecule has 154 valence electrons. The molecule has 1 atom stereocenters. The molecule has 0 radical (unpaired) electrons. The summed E-state index contributed by atoms with van der Waals surface area (Å²) >= 11 is 1.43. The Labute approximate surface area is 174 Å². The molecule has 3 amide bonds. The van der Waals surface area contributed by atoms with E-state index in [1.165, 1.54) is 18.3 Å². The zero-order valence-electron chi connectivity index (χ0n) is 16.6. The summed E-state index contributed by atoms with van der Waals surface area (Å²) in [6.07, 6.45) is 0.171. The summed E-state index contributed by atoms with van der Waals surface area (Å²) in [6, 6.07) is 10.6. The van der Waals surface area contributed by atoms with E-state index < -0.39 is 6.04 Å². The average Bonchev–Trinajstić information content (AvgIpc) is 3.27. The first kappa shape index (κ1) is 20.9. The topological polar surface area (TPSA) is 79.0 Å². The predicted molar refractivity (Wildman–Crippen MR) is 111 cm³/mol. The van der Waals surface area contributed by atoms with Gasteiger partial charge in [-0.2, -0.15) is 0 Å². The van der Waals surface area contributed by atoms with Gasteiger partial charge in [0.05, 0.1) is 24.4 Å². The second-order valence-corrected chi connectivity index (χ2v) is 7.83. The number of carbonyl (C=O) groups excluding carboxylic acids is 3. The van der Waals surface area contributed by atoms with Crippen molar-refractivity contribution < 1.29 is 19.1 Å². The molecule has 1 aliphatic heterocycles. The van der Waals surface area contributed by atoms with Crippen molar-refractivity contribution in [1.29, 1.82) is 0 Å². The van der Waals surface area contributed by atoms with Crippen molar-refractivity contribution in [3.05, 3.63) is 52.2 Å². The van der Waals surface area contributed by atoms with Gasteiger partial charge in [-0.15, -0.1) is 11.3 Å². The monoisotopic (exact) mass is 415 g/mol. The van der Waals surface area contributed by atoms with Crippen molar-refractivity contribution in [1.82, 2.24) is 15.1 Å². The molecule has 0 spiro atoms. The lowest BCUT2D eigenvalue weighted by Crippen LogP contribution is -2.51. The molecule has 1 aromatic carbocycles. The molecule has 2 heterocycles. The van der Waals surface area contributed by atoms with Crippen LogP contribution >= 0.6 is 11.3 Å². The third kappa shape index (κ3) is 5.35. The summed E-state index contributed by atoms with van der Waals surface area (Å²) in [5, 5.41) is 4.74. The highest BCUT2D eigenvalue weighted by atomic mass is 32.1. The average molecular weight is 416 g/mol. The molecule has 0 bridgehead atoms. The van der Waals surface area contributed by atoms with Crippen LogP contribution in [-0.2, 0) is 9.59 Å². The van der Waals surface area contributed by atoms with Crippen LogP contribution < -0.4 is 10.1 Å². The van der Waals surface area contributed by atoms with Gasteiger partial charge >= 0.3 is 0 Å². The van der Waals surface area contributed by atoms with Crippen LogP contribution in [-0.4, -0.2) is 60.8 Å². The normalized spacial score (nSPS) is 15.0. The Balaban J connectivity index is 1.59. The molecule has 1 fully saturated rings. The van der Waals surface area contributed by atoms with Gasteiger partial charge in [-0.25, -0.2) is 0 Å². The van der Waals surface area contributed by atoms with E-state index in [9.17, 15) is 14.4 Å². The lowest BCUT2D eigenvalue weighted by Gasteiger charge is -2.35. The Hall–Kier alpha value is -2.87. The molecule has 3 rings (SSSR count). The Morgan fingerprint density at radius 3 is 2.28 bits per heavy atom.